The summed E-state index contributed by atoms with van der Waals surface area (Å²) in [7, 11) is 0. The van der Waals surface area contributed by atoms with Crippen LogP contribution in [0.15, 0.2) is 29.2 Å². The number of hydrogen-bond donors (Lipinski definition) is 0. The molecule has 94 valence electrons. The molecule has 2 nitrogen and oxygen atoms in total. The van der Waals surface area contributed by atoms with E-state index in [1.165, 1.54) is 6.07 Å². The summed E-state index contributed by atoms with van der Waals surface area (Å²) in [5.41, 5.74) is 0. The summed E-state index contributed by atoms with van der Waals surface area (Å²) in [6.45, 7) is 5.87. The number of hydrogen-bond acceptors (Lipinski definition) is 3. The summed E-state index contributed by atoms with van der Waals surface area (Å²) in [6.07, 6.45) is 0.321. The smallest absolute Gasteiger partial charge is 0.136 e. The van der Waals surface area contributed by atoms with Gasteiger partial charge in [-0.1, -0.05) is 12.1 Å². The fourth-order valence-electron chi connectivity index (χ4n) is 1.94. The normalized spacial score (nSPS) is 21.6. The molecule has 0 aromatic heterocycles. The van der Waals surface area contributed by atoms with Crippen molar-refractivity contribution in [3.8, 4) is 0 Å². The number of rotatable bonds is 4. The van der Waals surface area contributed by atoms with E-state index in [2.05, 4.69) is 11.8 Å². The monoisotopic (exact) mass is 255 g/mol. The highest BCUT2D eigenvalue weighted by atomic mass is 32.2. The van der Waals surface area contributed by atoms with Crippen LogP contribution in [-0.2, 0) is 4.74 Å². The van der Waals surface area contributed by atoms with Gasteiger partial charge in [0.1, 0.15) is 5.82 Å². The van der Waals surface area contributed by atoms with Gasteiger partial charge in [0.25, 0.3) is 0 Å². The SMILES string of the molecule is CC1CN(CCSc2ccccc2F)CCO1. The van der Waals surface area contributed by atoms with E-state index >= 15 is 0 Å². The quantitative estimate of drug-likeness (QED) is 0.767. The van der Waals surface area contributed by atoms with Crippen LogP contribution in [0.25, 0.3) is 0 Å². The molecule has 1 aromatic rings. The average molecular weight is 255 g/mol. The molecule has 0 aliphatic carbocycles. The van der Waals surface area contributed by atoms with E-state index in [1.807, 2.05) is 12.1 Å². The average Bonchev–Trinajstić information content (AvgIpc) is 2.32. The van der Waals surface area contributed by atoms with Gasteiger partial charge in [0.15, 0.2) is 0 Å². The Bertz CT molecular complexity index is 361. The molecule has 0 spiro atoms. The Balaban J connectivity index is 1.74. The number of morpholine rings is 1. The molecule has 0 amide bonds. The Labute approximate surface area is 106 Å². The molecular weight excluding hydrogens is 237 g/mol. The summed E-state index contributed by atoms with van der Waals surface area (Å²) in [6, 6.07) is 6.95. The van der Waals surface area contributed by atoms with E-state index in [0.29, 0.717) is 6.10 Å². The Kier molecular flexibility index (Phi) is 4.83. The Hall–Kier alpha value is -0.580. The van der Waals surface area contributed by atoms with Gasteiger partial charge >= 0.3 is 0 Å². The number of halogens is 1. The largest absolute Gasteiger partial charge is 0.376 e. The molecule has 2 rings (SSSR count). The summed E-state index contributed by atoms with van der Waals surface area (Å²) in [4.78, 5) is 3.12. The topological polar surface area (TPSA) is 12.5 Å². The van der Waals surface area contributed by atoms with Gasteiger partial charge in [-0.05, 0) is 19.1 Å². The summed E-state index contributed by atoms with van der Waals surface area (Å²) >= 11 is 1.58. The third-order valence-electron chi connectivity index (χ3n) is 2.83. The van der Waals surface area contributed by atoms with Crippen molar-refractivity contribution in [2.24, 2.45) is 0 Å². The van der Waals surface area contributed by atoms with Crippen LogP contribution in [0.2, 0.25) is 0 Å². The van der Waals surface area contributed by atoms with Crippen LogP contribution >= 0.6 is 11.8 Å². The molecule has 4 heteroatoms. The van der Waals surface area contributed by atoms with Gasteiger partial charge in [-0.25, -0.2) is 4.39 Å². The van der Waals surface area contributed by atoms with Crippen molar-refractivity contribution in [1.29, 1.82) is 0 Å². The first-order valence-corrected chi connectivity index (χ1v) is 6.95. The molecule has 1 atom stereocenters. The number of benzene rings is 1. The molecule has 1 unspecified atom stereocenters. The molecular formula is C13H18FNOS. The predicted octanol–water partition coefficient (Wildman–Crippen LogP) is 2.64. The van der Waals surface area contributed by atoms with Gasteiger partial charge in [0, 0.05) is 30.3 Å². The molecule has 0 radical (unpaired) electrons. The number of ether oxygens (including phenoxy) is 1. The van der Waals surface area contributed by atoms with Crippen LogP contribution in [0, 0.1) is 5.82 Å². The Morgan fingerprint density at radius 3 is 3.06 bits per heavy atom. The Morgan fingerprint density at radius 2 is 2.29 bits per heavy atom. The molecule has 17 heavy (non-hydrogen) atoms. The lowest BCUT2D eigenvalue weighted by Gasteiger charge is -2.30. The minimum absolute atomic E-state index is 0.118. The molecule has 0 bridgehead atoms. The molecule has 1 saturated heterocycles. The van der Waals surface area contributed by atoms with Gasteiger partial charge in [-0.2, -0.15) is 0 Å². The molecule has 1 fully saturated rings. The summed E-state index contributed by atoms with van der Waals surface area (Å²) in [5, 5.41) is 0. The van der Waals surface area contributed by atoms with Crippen LogP contribution in [-0.4, -0.2) is 43.0 Å². The van der Waals surface area contributed by atoms with Gasteiger partial charge < -0.3 is 4.74 Å². The second-order valence-corrected chi connectivity index (χ2v) is 5.40. The van der Waals surface area contributed by atoms with Crippen LogP contribution in [0.5, 0.6) is 0 Å². The first-order chi connectivity index (χ1) is 8.25. The van der Waals surface area contributed by atoms with E-state index in [9.17, 15) is 4.39 Å². The van der Waals surface area contributed by atoms with Crippen molar-refractivity contribution >= 4 is 11.8 Å². The first kappa shape index (κ1) is 12.9. The maximum Gasteiger partial charge on any atom is 0.136 e. The van der Waals surface area contributed by atoms with Crippen molar-refractivity contribution in [3.05, 3.63) is 30.1 Å². The summed E-state index contributed by atoms with van der Waals surface area (Å²) in [5.74, 6) is 0.807. The van der Waals surface area contributed by atoms with Crippen LogP contribution in [0.4, 0.5) is 4.39 Å². The van der Waals surface area contributed by atoms with Crippen LogP contribution in [0.3, 0.4) is 0 Å². The molecule has 1 aliphatic rings. The second-order valence-electron chi connectivity index (χ2n) is 4.26. The van der Waals surface area contributed by atoms with E-state index in [0.717, 1.165) is 36.9 Å². The van der Waals surface area contributed by atoms with Crippen molar-refractivity contribution in [2.45, 2.75) is 17.9 Å². The van der Waals surface area contributed by atoms with Crippen molar-refractivity contribution in [3.63, 3.8) is 0 Å². The highest BCUT2D eigenvalue weighted by Gasteiger charge is 2.15. The van der Waals surface area contributed by atoms with E-state index in [-0.39, 0.29) is 5.82 Å². The van der Waals surface area contributed by atoms with Crippen molar-refractivity contribution < 1.29 is 9.13 Å². The number of nitrogens with zero attached hydrogens (tertiary/aromatic N) is 1. The fourth-order valence-corrected chi connectivity index (χ4v) is 2.89. The minimum Gasteiger partial charge on any atom is -0.376 e. The van der Waals surface area contributed by atoms with Crippen molar-refractivity contribution in [1.82, 2.24) is 4.90 Å². The molecule has 1 aliphatic heterocycles. The minimum atomic E-state index is -0.118. The maximum absolute atomic E-state index is 13.4. The molecule has 1 aromatic carbocycles. The maximum atomic E-state index is 13.4. The zero-order valence-corrected chi connectivity index (χ0v) is 10.9. The lowest BCUT2D eigenvalue weighted by Crippen LogP contribution is -2.42. The standard InChI is InChI=1S/C13H18FNOS/c1-11-10-15(6-8-16-11)7-9-17-13-5-3-2-4-12(13)14/h2-5,11H,6-10H2,1H3. The lowest BCUT2D eigenvalue weighted by atomic mass is 10.3. The van der Waals surface area contributed by atoms with E-state index in [4.69, 9.17) is 4.74 Å². The highest BCUT2D eigenvalue weighted by Crippen LogP contribution is 2.21. The highest BCUT2D eigenvalue weighted by molar-refractivity contribution is 7.99. The predicted molar refractivity (Wildman–Crippen MR) is 69.0 cm³/mol. The van der Waals surface area contributed by atoms with Crippen LogP contribution in [0.1, 0.15) is 6.92 Å². The van der Waals surface area contributed by atoms with Crippen LogP contribution < -0.4 is 0 Å². The van der Waals surface area contributed by atoms with Crippen molar-refractivity contribution in [2.75, 3.05) is 32.0 Å². The zero-order valence-electron chi connectivity index (χ0n) is 10.1. The van der Waals surface area contributed by atoms with Gasteiger partial charge in [0.2, 0.25) is 0 Å². The molecule has 1 heterocycles. The lowest BCUT2D eigenvalue weighted by molar-refractivity contribution is -0.0158. The third-order valence-corrected chi connectivity index (χ3v) is 3.86. The van der Waals surface area contributed by atoms with E-state index < -0.39 is 0 Å². The van der Waals surface area contributed by atoms with E-state index in [1.54, 1.807) is 17.8 Å². The molecule has 0 N–H and O–H groups in total. The second kappa shape index (κ2) is 6.38. The Morgan fingerprint density at radius 1 is 1.47 bits per heavy atom. The fraction of sp³-hybridized carbons (Fsp3) is 0.538. The first-order valence-electron chi connectivity index (χ1n) is 5.97. The van der Waals surface area contributed by atoms with Gasteiger partial charge in [-0.3, -0.25) is 4.90 Å². The molecule has 0 saturated carbocycles. The number of thioether (sulfide) groups is 1. The van der Waals surface area contributed by atoms with Gasteiger partial charge in [0.05, 0.1) is 12.7 Å². The zero-order chi connectivity index (χ0) is 12.1. The summed E-state index contributed by atoms with van der Waals surface area (Å²) < 4.78 is 18.8. The van der Waals surface area contributed by atoms with Gasteiger partial charge in [-0.15, -0.1) is 11.8 Å². The third kappa shape index (κ3) is 3.98.